The van der Waals surface area contributed by atoms with Crippen molar-refractivity contribution in [1.82, 2.24) is 25.1 Å². The molecule has 0 amide bonds. The van der Waals surface area contributed by atoms with Crippen molar-refractivity contribution < 1.29 is 39.5 Å². The fourth-order valence-corrected chi connectivity index (χ4v) is 5.14. The molecule has 3 aromatic rings. The van der Waals surface area contributed by atoms with E-state index in [0.717, 1.165) is 16.9 Å². The second-order valence-corrected chi connectivity index (χ2v) is 10.7. The Bertz CT molecular complexity index is 1450. The first-order chi connectivity index (χ1) is 19.9. The van der Waals surface area contributed by atoms with Crippen LogP contribution in [0.5, 0.6) is 0 Å². The van der Waals surface area contributed by atoms with Gasteiger partial charge in [0.2, 0.25) is 0 Å². The first-order valence-electron chi connectivity index (χ1n) is 13.0. The Morgan fingerprint density at radius 2 is 1.47 bits per heavy atom. The average Bonchev–Trinajstić information content (AvgIpc) is 3.30. The van der Waals surface area contributed by atoms with Crippen LogP contribution in [0.4, 0.5) is 45.5 Å². The topological polar surface area (TPSA) is 73.9 Å². The lowest BCUT2D eigenvalue weighted by molar-refractivity contribution is -0.143. The molecule has 0 aliphatic carbocycles. The van der Waals surface area contributed by atoms with Crippen molar-refractivity contribution in [3.05, 3.63) is 69.8 Å². The van der Waals surface area contributed by atoms with E-state index >= 15 is 0 Å². The van der Waals surface area contributed by atoms with Crippen LogP contribution in [-0.4, -0.2) is 38.2 Å². The minimum atomic E-state index is -5.09. The van der Waals surface area contributed by atoms with E-state index in [-0.39, 0.29) is 29.4 Å². The highest BCUT2D eigenvalue weighted by molar-refractivity contribution is 5.42. The smallest absolute Gasteiger partial charge is 0.330 e. The number of likely N-dealkylation sites (tertiary alicyclic amines) is 1. The average molecular weight is 620 g/mol. The number of nitriles is 1. The van der Waals surface area contributed by atoms with Crippen LogP contribution < -0.4 is 4.90 Å². The maximum absolute atomic E-state index is 13.8. The van der Waals surface area contributed by atoms with Crippen molar-refractivity contribution in [2.45, 2.75) is 51.5 Å². The number of rotatable bonds is 8. The summed E-state index contributed by atoms with van der Waals surface area (Å²) in [5, 5.41) is 20.8. The predicted molar refractivity (Wildman–Crippen MR) is 135 cm³/mol. The Morgan fingerprint density at radius 3 is 1.93 bits per heavy atom. The molecular formula is C27H26F9N7. The molecule has 43 heavy (non-hydrogen) atoms. The molecule has 7 nitrogen and oxygen atoms in total. The fourth-order valence-electron chi connectivity index (χ4n) is 5.14. The van der Waals surface area contributed by atoms with Gasteiger partial charge in [0, 0.05) is 32.2 Å². The molecule has 1 unspecified atom stereocenters. The molecule has 4 rings (SSSR count). The second kappa shape index (κ2) is 11.7. The Balaban J connectivity index is 1.82. The van der Waals surface area contributed by atoms with E-state index in [1.165, 1.54) is 18.0 Å². The Kier molecular flexibility index (Phi) is 8.70. The Hall–Kier alpha value is -3.87. The van der Waals surface area contributed by atoms with Crippen LogP contribution in [-0.2, 0) is 38.7 Å². The number of hydrogen-bond acceptors (Lipinski definition) is 6. The first kappa shape index (κ1) is 32.1. The van der Waals surface area contributed by atoms with Crippen LogP contribution in [0, 0.1) is 23.2 Å². The van der Waals surface area contributed by atoms with Gasteiger partial charge in [0.25, 0.3) is 5.95 Å². The van der Waals surface area contributed by atoms with Crippen molar-refractivity contribution in [2.75, 3.05) is 18.0 Å². The van der Waals surface area contributed by atoms with Gasteiger partial charge in [0.1, 0.15) is 0 Å². The van der Waals surface area contributed by atoms with Crippen molar-refractivity contribution in [1.29, 1.82) is 5.26 Å². The van der Waals surface area contributed by atoms with E-state index in [1.54, 1.807) is 0 Å². The van der Waals surface area contributed by atoms with Gasteiger partial charge in [-0.05, 0) is 58.2 Å². The molecule has 1 aliphatic rings. The molecule has 0 N–H and O–H groups in total. The third-order valence-electron chi connectivity index (χ3n) is 7.07. The molecule has 1 atom stereocenters. The molecule has 2 aromatic carbocycles. The summed E-state index contributed by atoms with van der Waals surface area (Å²) in [5.41, 5.74) is -3.89. The number of anilines is 1. The van der Waals surface area contributed by atoms with Crippen LogP contribution in [0.15, 0.2) is 36.4 Å². The molecule has 0 spiro atoms. The molecule has 1 saturated heterocycles. The zero-order valence-corrected chi connectivity index (χ0v) is 23.1. The summed E-state index contributed by atoms with van der Waals surface area (Å²) < 4.78 is 123. The monoisotopic (exact) mass is 619 g/mol. The maximum Gasteiger partial charge on any atom is 0.416 e. The summed E-state index contributed by atoms with van der Waals surface area (Å²) in [6.45, 7) is 3.48. The van der Waals surface area contributed by atoms with E-state index in [1.807, 2.05) is 18.7 Å². The first-order valence-corrected chi connectivity index (χ1v) is 13.0. The number of hydrogen-bond donors (Lipinski definition) is 0. The van der Waals surface area contributed by atoms with Gasteiger partial charge in [-0.25, -0.2) is 0 Å². The van der Waals surface area contributed by atoms with Gasteiger partial charge in [0.05, 0.1) is 35.7 Å². The number of nitrogens with zero attached hydrogens (tertiary/aromatic N) is 7. The lowest BCUT2D eigenvalue weighted by Gasteiger charge is -2.44. The highest BCUT2D eigenvalue weighted by Crippen LogP contribution is 2.40. The number of halogens is 9. The minimum absolute atomic E-state index is 0.00583. The van der Waals surface area contributed by atoms with Gasteiger partial charge in [-0.2, -0.15) is 49.6 Å². The lowest BCUT2D eigenvalue weighted by Crippen LogP contribution is -2.49. The molecule has 16 heteroatoms. The van der Waals surface area contributed by atoms with Crippen LogP contribution in [0.25, 0.3) is 0 Å². The molecule has 1 aromatic heterocycles. The van der Waals surface area contributed by atoms with Crippen LogP contribution in [0.3, 0.4) is 0 Å². The minimum Gasteiger partial charge on any atom is -0.330 e. The second-order valence-electron chi connectivity index (χ2n) is 10.7. The van der Waals surface area contributed by atoms with Gasteiger partial charge in [-0.1, -0.05) is 25.0 Å². The quantitative estimate of drug-likeness (QED) is 0.264. The Labute approximate surface area is 240 Å². The van der Waals surface area contributed by atoms with Crippen molar-refractivity contribution in [3.8, 4) is 6.07 Å². The summed E-state index contributed by atoms with van der Waals surface area (Å²) in [5.74, 6) is -0.592. The van der Waals surface area contributed by atoms with Gasteiger partial charge >= 0.3 is 18.5 Å². The summed E-state index contributed by atoms with van der Waals surface area (Å²) in [6, 6.07) is 5.95. The number of tetrazole rings is 1. The number of aromatic nitrogens is 4. The summed E-state index contributed by atoms with van der Waals surface area (Å²) in [4.78, 5) is 4.12. The standard InChI is InChI=1S/C27H26F9N7/c1-15(2)23(42-12-17(10-37)13-42)22-5-4-19(25(28,29)30)8-18(22)14-43(24-38-40-41(3)39-24)11-16-6-20(26(31,32)33)9-21(7-16)27(34,35)36/h4-9,15,17,23H,11-14H2,1-3H3. The molecule has 232 valence electrons. The number of benzene rings is 2. The van der Waals surface area contributed by atoms with Crippen molar-refractivity contribution in [2.24, 2.45) is 18.9 Å². The molecule has 1 aliphatic heterocycles. The molecule has 0 saturated carbocycles. The number of aryl methyl sites for hydroxylation is 1. The van der Waals surface area contributed by atoms with E-state index in [2.05, 4.69) is 21.5 Å². The molecule has 0 radical (unpaired) electrons. The molecular weight excluding hydrogens is 593 g/mol. The van der Waals surface area contributed by atoms with Crippen molar-refractivity contribution >= 4 is 5.95 Å². The highest BCUT2D eigenvalue weighted by atomic mass is 19.4. The van der Waals surface area contributed by atoms with E-state index in [0.29, 0.717) is 30.8 Å². The van der Waals surface area contributed by atoms with Gasteiger partial charge in [-0.3, -0.25) is 4.90 Å². The van der Waals surface area contributed by atoms with Crippen molar-refractivity contribution in [3.63, 3.8) is 0 Å². The molecule has 1 fully saturated rings. The maximum atomic E-state index is 13.8. The van der Waals surface area contributed by atoms with Gasteiger partial charge in [-0.15, -0.1) is 5.10 Å². The zero-order chi connectivity index (χ0) is 31.9. The normalized spacial score (nSPS) is 15.8. The van der Waals surface area contributed by atoms with Crippen LogP contribution in [0.2, 0.25) is 0 Å². The summed E-state index contributed by atoms with van der Waals surface area (Å²) in [6.07, 6.45) is -14.9. The third kappa shape index (κ3) is 7.38. The van der Waals surface area contributed by atoms with Crippen LogP contribution in [0.1, 0.15) is 53.3 Å². The molecule has 2 heterocycles. The summed E-state index contributed by atoms with van der Waals surface area (Å²) in [7, 11) is 1.38. The zero-order valence-electron chi connectivity index (χ0n) is 23.1. The molecule has 0 bridgehead atoms. The summed E-state index contributed by atoms with van der Waals surface area (Å²) >= 11 is 0. The fraction of sp³-hybridized carbons (Fsp3) is 0.481. The van der Waals surface area contributed by atoms with E-state index in [4.69, 9.17) is 0 Å². The predicted octanol–water partition coefficient (Wildman–Crippen LogP) is 6.63. The SMILES string of the molecule is CC(C)C(c1ccc(C(F)(F)F)cc1CN(Cc1cc(C(F)(F)F)cc(C(F)(F)F)c1)c1nnn(C)n1)N1CC(C#N)C1. The van der Waals surface area contributed by atoms with E-state index in [9.17, 15) is 44.8 Å². The Morgan fingerprint density at radius 1 is 0.884 bits per heavy atom. The van der Waals surface area contributed by atoms with Gasteiger partial charge < -0.3 is 4.90 Å². The largest absolute Gasteiger partial charge is 0.416 e. The van der Waals surface area contributed by atoms with Crippen LogP contribution >= 0.6 is 0 Å². The number of alkyl halides is 9. The highest BCUT2D eigenvalue weighted by Gasteiger charge is 2.39. The van der Waals surface area contributed by atoms with Gasteiger partial charge in [0.15, 0.2) is 0 Å². The third-order valence-corrected chi connectivity index (χ3v) is 7.07. The lowest BCUT2D eigenvalue weighted by atomic mass is 9.85. The van der Waals surface area contributed by atoms with E-state index < -0.39 is 59.9 Å².